The summed E-state index contributed by atoms with van der Waals surface area (Å²) in [4.78, 5) is 25.8. The van der Waals surface area contributed by atoms with Crippen LogP contribution in [-0.2, 0) is 57.0 Å². The van der Waals surface area contributed by atoms with Gasteiger partial charge in [0.05, 0.1) is 55.8 Å². The molecular formula is C57H91O31+. The summed E-state index contributed by atoms with van der Waals surface area (Å²) in [6.07, 6.45) is -37.7. The van der Waals surface area contributed by atoms with Crippen LogP contribution in [0.4, 0.5) is 0 Å². The molecule has 28 unspecified atom stereocenters. The van der Waals surface area contributed by atoms with Crippen molar-refractivity contribution in [2.45, 2.75) is 267 Å². The lowest BCUT2D eigenvalue weighted by Crippen LogP contribution is -2.65. The Balaban J connectivity index is 0.985. The zero-order valence-electron chi connectivity index (χ0n) is 48.4. The fourth-order valence-corrected chi connectivity index (χ4v) is 13.7. The minimum absolute atomic E-state index is 0.00407. The number of hydrogen-bond acceptors (Lipinski definition) is 30. The fourth-order valence-electron chi connectivity index (χ4n) is 13.7. The van der Waals surface area contributed by atoms with Crippen LogP contribution < -0.4 is 0 Å². The monoisotopic (exact) mass is 1270 g/mol. The molecule has 0 aromatic carbocycles. The lowest BCUT2D eigenvalue weighted by molar-refractivity contribution is -0.369. The lowest BCUT2D eigenvalue weighted by Gasteiger charge is -2.51. The van der Waals surface area contributed by atoms with E-state index in [4.69, 9.17) is 52.1 Å². The predicted molar refractivity (Wildman–Crippen MR) is 288 cm³/mol. The molecule has 9 rings (SSSR count). The molecule has 28 atom stereocenters. The van der Waals surface area contributed by atoms with Crippen molar-refractivity contribution in [1.82, 2.24) is 0 Å². The van der Waals surface area contributed by atoms with Crippen LogP contribution in [0.3, 0.4) is 0 Å². The molecule has 31 heteroatoms. The standard InChI is InChI=1S/C57H90O31/c58-18-34-41(66)45(70)49(74)54(85-34)80-27-15-29(62)28-17-33(84-57-50(75)46(71)42(67)35(19-59)86-57)53(81-30(28)16-27)24-13-31(82-55-51(76)47(72)43(68)36(87-55)20-78-38(63)11-5-22-1-7-25(60)8-2-22)40(65)32(14-24)83-56-52(77)48(73)44(69)37(88-56)21-79-39(64)12-6-23-3-9-26(61)10-4-23/h5-6,11-12,22-37,40-62,65-77H,1-4,7-10,13-21H2/p+1. The first-order chi connectivity index (χ1) is 41.9. The van der Waals surface area contributed by atoms with Crippen LogP contribution in [-0.4, -0.2) is 319 Å². The Kier molecular flexibility index (Phi) is 24.6. The van der Waals surface area contributed by atoms with Crippen LogP contribution in [0.15, 0.2) is 24.3 Å². The second-order valence-corrected chi connectivity index (χ2v) is 25.2. The first-order valence-corrected chi connectivity index (χ1v) is 30.7. The van der Waals surface area contributed by atoms with Gasteiger partial charge in [0.15, 0.2) is 37.4 Å². The number of fused-ring (bicyclic) bond motifs is 1. The molecule has 0 aromatic heterocycles. The summed E-state index contributed by atoms with van der Waals surface area (Å²) < 4.78 is 64.5. The van der Waals surface area contributed by atoms with E-state index in [0.717, 1.165) is 0 Å². The third kappa shape index (κ3) is 16.4. The van der Waals surface area contributed by atoms with Crippen molar-refractivity contribution in [2.24, 2.45) is 23.7 Å². The molecule has 5 aliphatic heterocycles. The van der Waals surface area contributed by atoms with Gasteiger partial charge < -0.3 is 144 Å². The highest BCUT2D eigenvalue weighted by atomic mass is 16.7. The van der Waals surface area contributed by atoms with Gasteiger partial charge in [-0.15, -0.1) is 0 Å². The number of carbonyl (C=O) groups excluding carboxylic acids is 2. The molecule has 4 aliphatic carbocycles. The summed E-state index contributed by atoms with van der Waals surface area (Å²) in [5.74, 6) is -3.46. The van der Waals surface area contributed by atoms with E-state index < -0.39 is 234 Å². The van der Waals surface area contributed by atoms with Gasteiger partial charge in [-0.05, 0) is 82.5 Å². The third-order valence-corrected chi connectivity index (χ3v) is 19.1. The smallest absolute Gasteiger partial charge is 0.330 e. The number of rotatable bonds is 19. The molecular weight excluding hydrogens is 1180 g/mol. The van der Waals surface area contributed by atoms with Gasteiger partial charge in [0.1, 0.15) is 123 Å². The molecule has 0 spiro atoms. The van der Waals surface area contributed by atoms with E-state index in [2.05, 4.69) is 0 Å². The Bertz CT molecular complexity index is 2160. The Morgan fingerprint density at radius 3 is 1.19 bits per heavy atom. The van der Waals surface area contributed by atoms with E-state index in [1.54, 1.807) is 12.2 Å². The average molecular weight is 1270 g/mol. The van der Waals surface area contributed by atoms with Gasteiger partial charge >= 0.3 is 11.9 Å². The zero-order chi connectivity index (χ0) is 63.4. The van der Waals surface area contributed by atoms with E-state index in [-0.39, 0.29) is 43.9 Å². The highest BCUT2D eigenvalue weighted by Gasteiger charge is 2.59. The summed E-state index contributed by atoms with van der Waals surface area (Å²) in [5, 5.41) is 196. The van der Waals surface area contributed by atoms with Crippen LogP contribution in [0.5, 0.6) is 0 Å². The zero-order valence-corrected chi connectivity index (χ0v) is 48.4. The topological polar surface area (TPSA) is 503 Å². The van der Waals surface area contributed by atoms with Crippen molar-refractivity contribution in [3.05, 3.63) is 24.3 Å². The fraction of sp³-hybridized carbons (Fsp3) is 0.895. The molecule has 5 heterocycles. The molecule has 9 fully saturated rings. The van der Waals surface area contributed by atoms with Crippen LogP contribution in [0, 0.1) is 23.7 Å². The first-order valence-electron chi connectivity index (χ1n) is 30.7. The Morgan fingerprint density at radius 1 is 0.409 bits per heavy atom. The molecule has 0 bridgehead atoms. The van der Waals surface area contributed by atoms with E-state index in [1.165, 1.54) is 12.2 Å². The van der Waals surface area contributed by atoms with Gasteiger partial charge in [0, 0.05) is 30.9 Å². The van der Waals surface area contributed by atoms with E-state index in [1.807, 2.05) is 0 Å². The Morgan fingerprint density at radius 2 is 0.784 bits per heavy atom. The van der Waals surface area contributed by atoms with Crippen LogP contribution >= 0.6 is 0 Å². The second-order valence-electron chi connectivity index (χ2n) is 25.2. The second kappa shape index (κ2) is 31.1. The molecule has 504 valence electrons. The minimum Gasteiger partial charge on any atom is -0.460 e. The molecule has 0 radical (unpaired) electrons. The number of ether oxygens (including phenoxy) is 11. The summed E-state index contributed by atoms with van der Waals surface area (Å²) in [6, 6.07) is 0. The summed E-state index contributed by atoms with van der Waals surface area (Å²) >= 11 is 0. The maximum Gasteiger partial charge on any atom is 0.330 e. The van der Waals surface area contributed by atoms with Gasteiger partial charge in [0.25, 0.3) is 0 Å². The van der Waals surface area contributed by atoms with Crippen molar-refractivity contribution in [2.75, 3.05) is 26.4 Å². The molecule has 88 heavy (non-hydrogen) atoms. The largest absolute Gasteiger partial charge is 0.460 e. The van der Waals surface area contributed by atoms with Crippen LogP contribution in [0.2, 0.25) is 0 Å². The highest BCUT2D eigenvalue weighted by Crippen LogP contribution is 2.45. The molecule has 5 saturated heterocycles. The van der Waals surface area contributed by atoms with Crippen LogP contribution in [0.25, 0.3) is 0 Å². The van der Waals surface area contributed by atoms with Gasteiger partial charge in [-0.3, -0.25) is 0 Å². The Hall–Kier alpha value is -2.66. The molecule has 4 saturated carbocycles. The first kappa shape index (κ1) is 69.7. The summed E-state index contributed by atoms with van der Waals surface area (Å²) in [5.41, 5.74) is 0. The SMILES string of the molecule is O=C(C=CC1CCC(O)CC1)OCC1OC(OC2CC(C3[OH+]C4CC(OC5OC(CO)C(O)C(O)C5O)CC(O)C4CC3OC3OC(CO)C(O)C(O)C3O)CC(OC3OC(COC(=O)C=CC4CCC(O)CC4)C(O)C(O)C3O)C2O)C(O)C(O)C1O. The third-order valence-electron chi connectivity index (χ3n) is 19.1. The average Bonchev–Trinajstić information content (AvgIpc) is 1.49. The predicted octanol–water partition coefficient (Wildman–Crippen LogP) is -7.75. The van der Waals surface area contributed by atoms with Gasteiger partial charge in [-0.1, -0.05) is 12.2 Å². The summed E-state index contributed by atoms with van der Waals surface area (Å²) in [7, 11) is 0. The van der Waals surface area contributed by atoms with Crippen molar-refractivity contribution in [3.63, 3.8) is 0 Å². The number of aliphatic hydroxyl groups is 20. The maximum atomic E-state index is 12.9. The molecule has 19 N–H and O–H groups in total. The molecule has 31 nitrogen and oxygen atoms in total. The number of allylic oxidation sites excluding steroid dienone is 2. The van der Waals surface area contributed by atoms with Crippen molar-refractivity contribution < 1.29 is 154 Å². The van der Waals surface area contributed by atoms with E-state index in [9.17, 15) is 102 Å². The lowest BCUT2D eigenvalue weighted by atomic mass is 9.72. The Labute approximate surface area is 506 Å². The molecule has 0 aromatic rings. The van der Waals surface area contributed by atoms with Crippen LogP contribution in [0.1, 0.15) is 83.5 Å². The number of hydrogen-bond donors (Lipinski definition) is 18. The summed E-state index contributed by atoms with van der Waals surface area (Å²) in [6.45, 7) is -2.93. The number of esters is 2. The van der Waals surface area contributed by atoms with Crippen molar-refractivity contribution in [3.8, 4) is 0 Å². The minimum atomic E-state index is -2.05. The number of carbonyl (C=O) groups is 2. The maximum absolute atomic E-state index is 12.9. The van der Waals surface area contributed by atoms with Crippen molar-refractivity contribution >= 4 is 11.9 Å². The quantitative estimate of drug-likeness (QED) is 0.0324. The van der Waals surface area contributed by atoms with Gasteiger partial charge in [-0.25, -0.2) is 9.59 Å². The van der Waals surface area contributed by atoms with Crippen molar-refractivity contribution in [1.29, 1.82) is 0 Å². The normalized spacial score (nSPS) is 49.7. The van der Waals surface area contributed by atoms with E-state index in [0.29, 0.717) is 51.4 Å². The highest BCUT2D eigenvalue weighted by molar-refractivity contribution is 5.82. The van der Waals surface area contributed by atoms with Gasteiger partial charge in [-0.2, -0.15) is 0 Å². The number of aliphatic hydroxyl groups excluding tert-OH is 18. The molecule has 9 aliphatic rings. The molecule has 0 amide bonds. The van der Waals surface area contributed by atoms with E-state index >= 15 is 0 Å². The van der Waals surface area contributed by atoms with Gasteiger partial charge in [0.2, 0.25) is 0 Å².